The van der Waals surface area contributed by atoms with Gasteiger partial charge in [0.2, 0.25) is 5.91 Å². The predicted octanol–water partition coefficient (Wildman–Crippen LogP) is 1.08. The van der Waals surface area contributed by atoms with Crippen molar-refractivity contribution < 1.29 is 4.79 Å². The molecule has 1 aromatic heterocycles. The number of amides is 1. The van der Waals surface area contributed by atoms with Crippen LogP contribution in [0.1, 0.15) is 25.7 Å². The molecule has 92 valence electrons. The Labute approximate surface area is 101 Å². The summed E-state index contributed by atoms with van der Waals surface area (Å²) in [5.74, 6) is 0.417. The number of hydrogen-bond acceptors (Lipinski definition) is 3. The third-order valence-electron chi connectivity index (χ3n) is 2.87. The molecular formula is C12H18N4O. The predicted molar refractivity (Wildman–Crippen MR) is 66.2 cm³/mol. The van der Waals surface area contributed by atoms with E-state index in [1.54, 1.807) is 16.9 Å². The molecule has 3 N–H and O–H groups in total. The zero-order chi connectivity index (χ0) is 12.1. The Morgan fingerprint density at radius 1 is 1.59 bits per heavy atom. The number of allylic oxidation sites excluding steroid dienone is 1. The number of nitrogens with one attached hydrogen (secondary N) is 1. The lowest BCUT2D eigenvalue weighted by molar-refractivity contribution is -0.121. The minimum atomic E-state index is -0.0216. The molecule has 0 unspecified atom stereocenters. The van der Waals surface area contributed by atoms with Crippen LogP contribution in [-0.2, 0) is 11.3 Å². The van der Waals surface area contributed by atoms with E-state index >= 15 is 0 Å². The van der Waals surface area contributed by atoms with Gasteiger partial charge >= 0.3 is 0 Å². The van der Waals surface area contributed by atoms with E-state index < -0.39 is 0 Å². The summed E-state index contributed by atoms with van der Waals surface area (Å²) in [6, 6.07) is 1.68. The Balaban J connectivity index is 1.67. The van der Waals surface area contributed by atoms with Gasteiger partial charge in [-0.3, -0.25) is 9.48 Å². The van der Waals surface area contributed by atoms with Crippen LogP contribution in [0, 0.1) is 0 Å². The molecule has 0 spiro atoms. The Morgan fingerprint density at radius 2 is 2.47 bits per heavy atom. The Bertz CT molecular complexity index is 422. The maximum atomic E-state index is 11.6. The average molecular weight is 234 g/mol. The van der Waals surface area contributed by atoms with Crippen LogP contribution >= 0.6 is 0 Å². The van der Waals surface area contributed by atoms with Crippen LogP contribution in [0.3, 0.4) is 0 Å². The molecule has 0 aromatic carbocycles. The van der Waals surface area contributed by atoms with Crippen molar-refractivity contribution in [1.82, 2.24) is 15.1 Å². The summed E-state index contributed by atoms with van der Waals surface area (Å²) in [7, 11) is 0. The summed E-state index contributed by atoms with van der Waals surface area (Å²) in [4.78, 5) is 11.6. The van der Waals surface area contributed by atoms with Crippen molar-refractivity contribution in [1.29, 1.82) is 0 Å². The van der Waals surface area contributed by atoms with E-state index in [9.17, 15) is 4.79 Å². The van der Waals surface area contributed by atoms with Crippen LogP contribution in [0.4, 0.5) is 5.82 Å². The second-order valence-corrected chi connectivity index (χ2v) is 4.29. The van der Waals surface area contributed by atoms with Crippen LogP contribution in [0.25, 0.3) is 0 Å². The first-order chi connectivity index (χ1) is 8.24. The van der Waals surface area contributed by atoms with Gasteiger partial charge in [0.1, 0.15) is 12.4 Å². The summed E-state index contributed by atoms with van der Waals surface area (Å²) < 4.78 is 1.54. The number of nitrogens with two attached hydrogens (primary N) is 1. The highest BCUT2D eigenvalue weighted by Gasteiger charge is 2.06. The first-order valence-electron chi connectivity index (χ1n) is 5.97. The second-order valence-electron chi connectivity index (χ2n) is 4.29. The number of nitrogens with zero attached hydrogens (tertiary/aromatic N) is 2. The van der Waals surface area contributed by atoms with E-state index in [-0.39, 0.29) is 12.5 Å². The molecule has 0 saturated heterocycles. The Hall–Kier alpha value is -1.78. The molecule has 2 rings (SSSR count). The number of carbonyl (C=O) groups is 1. The third kappa shape index (κ3) is 3.62. The fourth-order valence-electron chi connectivity index (χ4n) is 2.00. The number of hydrogen-bond donors (Lipinski definition) is 2. The summed E-state index contributed by atoms with van der Waals surface area (Å²) in [6.45, 7) is 0.942. The molecule has 0 radical (unpaired) electrons. The second kappa shape index (κ2) is 5.52. The zero-order valence-corrected chi connectivity index (χ0v) is 9.85. The van der Waals surface area contributed by atoms with Gasteiger partial charge in [-0.1, -0.05) is 11.6 Å². The van der Waals surface area contributed by atoms with Gasteiger partial charge in [0.05, 0.1) is 0 Å². The van der Waals surface area contributed by atoms with Gasteiger partial charge in [0, 0.05) is 12.7 Å². The summed E-state index contributed by atoms with van der Waals surface area (Å²) in [5.41, 5.74) is 6.93. The number of rotatable bonds is 5. The van der Waals surface area contributed by atoms with Crippen molar-refractivity contribution in [3.8, 4) is 0 Å². The van der Waals surface area contributed by atoms with Gasteiger partial charge < -0.3 is 11.1 Å². The van der Waals surface area contributed by atoms with Gasteiger partial charge in [-0.05, 0) is 31.7 Å². The van der Waals surface area contributed by atoms with Crippen LogP contribution in [0.5, 0.6) is 0 Å². The van der Waals surface area contributed by atoms with Gasteiger partial charge in [-0.2, -0.15) is 5.10 Å². The summed E-state index contributed by atoms with van der Waals surface area (Å²) >= 11 is 0. The van der Waals surface area contributed by atoms with Crippen molar-refractivity contribution in [3.63, 3.8) is 0 Å². The molecule has 0 aliphatic heterocycles. The van der Waals surface area contributed by atoms with Gasteiger partial charge in [0.15, 0.2) is 0 Å². The Kier molecular flexibility index (Phi) is 3.80. The molecule has 0 fully saturated rings. The number of nitrogen functional groups attached to an aromatic ring is 1. The van der Waals surface area contributed by atoms with E-state index in [4.69, 9.17) is 5.73 Å². The van der Waals surface area contributed by atoms with E-state index in [1.807, 2.05) is 0 Å². The number of anilines is 1. The molecule has 0 bridgehead atoms. The fourth-order valence-corrected chi connectivity index (χ4v) is 2.00. The molecule has 0 saturated carbocycles. The monoisotopic (exact) mass is 234 g/mol. The third-order valence-corrected chi connectivity index (χ3v) is 2.87. The van der Waals surface area contributed by atoms with E-state index in [0.717, 1.165) is 6.42 Å². The van der Waals surface area contributed by atoms with Gasteiger partial charge in [-0.15, -0.1) is 0 Å². The normalized spacial score (nSPS) is 14.7. The van der Waals surface area contributed by atoms with Crippen molar-refractivity contribution in [2.75, 3.05) is 12.3 Å². The molecule has 1 aromatic rings. The minimum absolute atomic E-state index is 0.0216. The topological polar surface area (TPSA) is 72.9 Å². The molecule has 1 heterocycles. The molecule has 5 nitrogen and oxygen atoms in total. The van der Waals surface area contributed by atoms with Crippen LogP contribution in [0.15, 0.2) is 23.9 Å². The number of aromatic nitrogens is 2. The standard InChI is InChI=1S/C12H18N4O/c13-11-6-8-16(15-11)9-12(17)14-7-5-10-3-1-2-4-10/h3,6,8H,1-2,4-5,7,9H2,(H2,13,15)(H,14,17). The minimum Gasteiger partial charge on any atom is -0.382 e. The highest BCUT2D eigenvalue weighted by Crippen LogP contribution is 2.19. The van der Waals surface area contributed by atoms with Gasteiger partial charge in [0.25, 0.3) is 0 Å². The van der Waals surface area contributed by atoms with Crippen LogP contribution in [-0.4, -0.2) is 22.2 Å². The van der Waals surface area contributed by atoms with Crippen molar-refractivity contribution >= 4 is 11.7 Å². The first-order valence-corrected chi connectivity index (χ1v) is 5.97. The molecule has 5 heteroatoms. The maximum Gasteiger partial charge on any atom is 0.241 e. The van der Waals surface area contributed by atoms with Crippen molar-refractivity contribution in [2.24, 2.45) is 0 Å². The SMILES string of the molecule is Nc1ccn(CC(=O)NCCC2=CCCC2)n1. The quantitative estimate of drug-likeness (QED) is 0.749. The lowest BCUT2D eigenvalue weighted by Gasteiger charge is -2.05. The van der Waals surface area contributed by atoms with Crippen molar-refractivity contribution in [2.45, 2.75) is 32.2 Å². The molecule has 17 heavy (non-hydrogen) atoms. The highest BCUT2D eigenvalue weighted by atomic mass is 16.2. The molecule has 1 aliphatic rings. The number of carbonyl (C=O) groups excluding carboxylic acids is 1. The van der Waals surface area contributed by atoms with Crippen molar-refractivity contribution in [3.05, 3.63) is 23.9 Å². The summed E-state index contributed by atoms with van der Waals surface area (Å²) in [6.07, 6.45) is 8.58. The lowest BCUT2D eigenvalue weighted by Crippen LogP contribution is -2.28. The molecular weight excluding hydrogens is 216 g/mol. The molecule has 0 atom stereocenters. The Morgan fingerprint density at radius 3 is 3.12 bits per heavy atom. The molecule has 1 amide bonds. The molecule has 1 aliphatic carbocycles. The highest BCUT2D eigenvalue weighted by molar-refractivity contribution is 5.75. The van der Waals surface area contributed by atoms with E-state index in [0.29, 0.717) is 12.4 Å². The van der Waals surface area contributed by atoms with Crippen LogP contribution < -0.4 is 11.1 Å². The smallest absolute Gasteiger partial charge is 0.241 e. The average Bonchev–Trinajstić information content (AvgIpc) is 2.90. The fraction of sp³-hybridized carbons (Fsp3) is 0.500. The van der Waals surface area contributed by atoms with E-state index in [1.165, 1.54) is 24.8 Å². The van der Waals surface area contributed by atoms with Crippen LogP contribution in [0.2, 0.25) is 0 Å². The zero-order valence-electron chi connectivity index (χ0n) is 9.85. The first kappa shape index (κ1) is 11.7. The van der Waals surface area contributed by atoms with E-state index in [2.05, 4.69) is 16.5 Å². The summed E-state index contributed by atoms with van der Waals surface area (Å²) in [5, 5.41) is 6.84. The maximum absolute atomic E-state index is 11.6. The largest absolute Gasteiger partial charge is 0.382 e. The lowest BCUT2D eigenvalue weighted by atomic mass is 10.2. The van der Waals surface area contributed by atoms with Gasteiger partial charge in [-0.25, -0.2) is 0 Å².